The van der Waals surface area contributed by atoms with Crippen molar-refractivity contribution in [3.05, 3.63) is 71.7 Å². The molecule has 1 saturated carbocycles. The summed E-state index contributed by atoms with van der Waals surface area (Å²) in [6.45, 7) is 10.5. The van der Waals surface area contributed by atoms with Crippen molar-refractivity contribution in [3.8, 4) is 11.9 Å². The van der Waals surface area contributed by atoms with E-state index in [1.807, 2.05) is 12.1 Å². The van der Waals surface area contributed by atoms with Crippen molar-refractivity contribution in [1.82, 2.24) is 24.6 Å². The van der Waals surface area contributed by atoms with Gasteiger partial charge in [-0.3, -0.25) is 14.7 Å². The molecule has 0 aromatic carbocycles. The number of halogens is 1. The van der Waals surface area contributed by atoms with Gasteiger partial charge in [-0.2, -0.15) is 10.4 Å². The molecule has 3 atom stereocenters. The van der Waals surface area contributed by atoms with Crippen LogP contribution in [0.2, 0.25) is 0 Å². The minimum Gasteiger partial charge on any atom is -0.379 e. The number of pyridine rings is 2. The van der Waals surface area contributed by atoms with Crippen LogP contribution in [-0.2, 0) is 4.74 Å². The highest BCUT2D eigenvalue weighted by atomic mass is 19.1. The Balaban J connectivity index is 1.31. The summed E-state index contributed by atoms with van der Waals surface area (Å²) in [6, 6.07) is 7.89. The second kappa shape index (κ2) is 11.4. The van der Waals surface area contributed by atoms with Gasteiger partial charge in [0.15, 0.2) is 11.6 Å². The Labute approximate surface area is 227 Å². The topological polar surface area (TPSA) is 109 Å². The van der Waals surface area contributed by atoms with Crippen molar-refractivity contribution in [2.24, 2.45) is 5.92 Å². The second-order valence-corrected chi connectivity index (χ2v) is 10.3. The maximum absolute atomic E-state index is 14.7. The summed E-state index contributed by atoms with van der Waals surface area (Å²) in [4.78, 5) is 24.4. The zero-order valence-corrected chi connectivity index (χ0v) is 22.2. The average molecular weight is 530 g/mol. The van der Waals surface area contributed by atoms with E-state index in [1.165, 1.54) is 23.1 Å². The lowest BCUT2D eigenvalue weighted by Gasteiger charge is -2.42. The van der Waals surface area contributed by atoms with Crippen molar-refractivity contribution >= 4 is 17.2 Å². The Kier molecular flexibility index (Phi) is 7.82. The van der Waals surface area contributed by atoms with Crippen LogP contribution in [0.4, 0.5) is 10.1 Å². The number of morpholine rings is 1. The molecule has 10 heteroatoms. The summed E-state index contributed by atoms with van der Waals surface area (Å²) < 4.78 is 21.6. The summed E-state index contributed by atoms with van der Waals surface area (Å²) in [5.74, 6) is -0.749. The van der Waals surface area contributed by atoms with Gasteiger partial charge in [-0.1, -0.05) is 6.58 Å². The number of anilines is 1. The molecule has 1 aliphatic heterocycles. The first kappa shape index (κ1) is 26.7. The largest absolute Gasteiger partial charge is 0.379 e. The fourth-order valence-corrected chi connectivity index (χ4v) is 5.50. The van der Waals surface area contributed by atoms with Crippen molar-refractivity contribution < 1.29 is 13.9 Å². The van der Waals surface area contributed by atoms with Gasteiger partial charge in [0.25, 0.3) is 5.91 Å². The molecule has 1 aliphatic carbocycles. The minimum absolute atomic E-state index is 0.0144. The summed E-state index contributed by atoms with van der Waals surface area (Å²) in [6.07, 6.45) is 7.21. The van der Waals surface area contributed by atoms with Crippen LogP contribution >= 0.6 is 0 Å². The second-order valence-electron chi connectivity index (χ2n) is 10.3. The highest BCUT2D eigenvalue weighted by molar-refractivity contribution is 6.04. The number of nitrogens with one attached hydrogen (secondary N) is 1. The third-order valence-electron chi connectivity index (χ3n) is 7.70. The van der Waals surface area contributed by atoms with Gasteiger partial charge in [-0.15, -0.1) is 0 Å². The van der Waals surface area contributed by atoms with Crippen LogP contribution in [0, 0.1) is 30.0 Å². The molecule has 9 nitrogen and oxygen atoms in total. The Morgan fingerprint density at radius 3 is 2.67 bits per heavy atom. The number of nitriles is 1. The van der Waals surface area contributed by atoms with E-state index in [-0.39, 0.29) is 23.6 Å². The Hall–Kier alpha value is -3.94. The first-order valence-electron chi connectivity index (χ1n) is 13.2. The average Bonchev–Trinajstić information content (AvgIpc) is 3.34. The molecule has 0 radical (unpaired) electrons. The number of carbonyl (C=O) groups excluding carboxylic acids is 1. The molecule has 3 unspecified atom stereocenters. The first-order chi connectivity index (χ1) is 18.9. The van der Waals surface area contributed by atoms with E-state index in [4.69, 9.17) is 9.72 Å². The lowest BCUT2D eigenvalue weighted by Crippen LogP contribution is -2.48. The van der Waals surface area contributed by atoms with E-state index < -0.39 is 5.82 Å². The molecule has 0 spiro atoms. The molecule has 0 bridgehead atoms. The van der Waals surface area contributed by atoms with Gasteiger partial charge >= 0.3 is 0 Å². The SMILES string of the molecule is C=C(C)c1cnc(-n2ncc(C(=O)Nc3ccc(C4CC(C#N)CCC4N4CCOCC4)nc3)c2C)c(F)c1. The number of allylic oxidation sites excluding steroid dienone is 1. The predicted octanol–water partition coefficient (Wildman–Crippen LogP) is 4.50. The summed E-state index contributed by atoms with van der Waals surface area (Å²) in [5.41, 5.74) is 3.54. The van der Waals surface area contributed by atoms with Gasteiger partial charge in [0.1, 0.15) is 0 Å². The van der Waals surface area contributed by atoms with E-state index in [9.17, 15) is 14.4 Å². The van der Waals surface area contributed by atoms with Crippen LogP contribution in [0.25, 0.3) is 11.4 Å². The minimum atomic E-state index is -0.551. The lowest BCUT2D eigenvalue weighted by molar-refractivity contribution is 0.0000694. The van der Waals surface area contributed by atoms with Crippen LogP contribution in [0.15, 0.2) is 43.4 Å². The Morgan fingerprint density at radius 1 is 1.21 bits per heavy atom. The number of aromatic nitrogens is 4. The van der Waals surface area contributed by atoms with Crippen molar-refractivity contribution in [2.45, 2.75) is 45.1 Å². The van der Waals surface area contributed by atoms with E-state index in [2.05, 4.69) is 32.9 Å². The fourth-order valence-electron chi connectivity index (χ4n) is 5.50. The maximum Gasteiger partial charge on any atom is 0.259 e. The zero-order chi connectivity index (χ0) is 27.5. The molecule has 39 heavy (non-hydrogen) atoms. The molecule has 1 amide bonds. The standard InChI is InChI=1S/C29H32FN7O2/c1-18(2)21-13-25(30)28(33-15-21)37-19(3)24(17-34-37)29(38)35-22-5-6-26(32-16-22)23-12-20(14-31)4-7-27(23)36-8-10-39-11-9-36/h5-6,13,15-17,20,23,27H,1,4,7-12H2,2-3H3,(H,35,38). The summed E-state index contributed by atoms with van der Waals surface area (Å²) in [7, 11) is 0. The third kappa shape index (κ3) is 5.60. The van der Waals surface area contributed by atoms with Gasteiger partial charge in [0.2, 0.25) is 0 Å². The molecule has 2 fully saturated rings. The molecule has 1 saturated heterocycles. The van der Waals surface area contributed by atoms with Crippen LogP contribution in [0.5, 0.6) is 0 Å². The summed E-state index contributed by atoms with van der Waals surface area (Å²) in [5, 5.41) is 16.6. The normalized spacial score (nSPS) is 21.7. The Bertz CT molecular complexity index is 1410. The number of nitrogens with zero attached hydrogens (tertiary/aromatic N) is 6. The van der Waals surface area contributed by atoms with Gasteiger partial charge < -0.3 is 10.1 Å². The van der Waals surface area contributed by atoms with Gasteiger partial charge in [-0.25, -0.2) is 14.1 Å². The van der Waals surface area contributed by atoms with Crippen LogP contribution in [-0.4, -0.2) is 62.9 Å². The van der Waals surface area contributed by atoms with Gasteiger partial charge in [-0.05, 0) is 62.4 Å². The Morgan fingerprint density at radius 2 is 2.00 bits per heavy atom. The molecule has 1 N–H and O–H groups in total. The van der Waals surface area contributed by atoms with E-state index in [1.54, 1.807) is 20.0 Å². The molecule has 202 valence electrons. The van der Waals surface area contributed by atoms with E-state index >= 15 is 0 Å². The van der Waals surface area contributed by atoms with Crippen LogP contribution in [0.1, 0.15) is 59.4 Å². The quantitative estimate of drug-likeness (QED) is 0.501. The monoisotopic (exact) mass is 529 g/mol. The predicted molar refractivity (Wildman–Crippen MR) is 145 cm³/mol. The zero-order valence-electron chi connectivity index (χ0n) is 22.2. The lowest BCUT2D eigenvalue weighted by atomic mass is 9.76. The van der Waals surface area contributed by atoms with Crippen molar-refractivity contribution in [1.29, 1.82) is 5.26 Å². The highest BCUT2D eigenvalue weighted by Gasteiger charge is 2.36. The van der Waals surface area contributed by atoms with Crippen molar-refractivity contribution in [2.75, 3.05) is 31.6 Å². The number of amides is 1. The number of ether oxygens (including phenoxy) is 1. The first-order valence-corrected chi connectivity index (χ1v) is 13.2. The van der Waals surface area contributed by atoms with Crippen LogP contribution in [0.3, 0.4) is 0 Å². The molecular weight excluding hydrogens is 497 g/mol. The van der Waals surface area contributed by atoms with Gasteiger partial charge in [0, 0.05) is 42.9 Å². The summed E-state index contributed by atoms with van der Waals surface area (Å²) >= 11 is 0. The number of carbonyl (C=O) groups is 1. The third-order valence-corrected chi connectivity index (χ3v) is 7.70. The maximum atomic E-state index is 14.7. The highest BCUT2D eigenvalue weighted by Crippen LogP contribution is 2.38. The molecule has 4 heterocycles. The molecular formula is C29H32FN7O2. The molecule has 3 aromatic heterocycles. The smallest absolute Gasteiger partial charge is 0.259 e. The fraction of sp³-hybridized carbons (Fsp3) is 0.414. The number of rotatable bonds is 6. The number of hydrogen-bond acceptors (Lipinski definition) is 7. The molecule has 3 aromatic rings. The molecule has 5 rings (SSSR count). The van der Waals surface area contributed by atoms with Crippen molar-refractivity contribution in [3.63, 3.8) is 0 Å². The number of hydrogen-bond donors (Lipinski definition) is 1. The van der Waals surface area contributed by atoms with E-state index in [0.717, 1.165) is 51.3 Å². The van der Waals surface area contributed by atoms with Gasteiger partial charge in [0.05, 0.1) is 48.6 Å². The van der Waals surface area contributed by atoms with Crippen LogP contribution < -0.4 is 5.32 Å². The van der Waals surface area contributed by atoms with E-state index in [0.29, 0.717) is 34.1 Å². The molecule has 2 aliphatic rings.